The third kappa shape index (κ3) is 3.48. The van der Waals surface area contributed by atoms with Crippen molar-refractivity contribution in [1.82, 2.24) is 25.5 Å². The van der Waals surface area contributed by atoms with Crippen molar-refractivity contribution in [3.8, 4) is 0 Å². The molecule has 3 atom stereocenters. The summed E-state index contributed by atoms with van der Waals surface area (Å²) in [6.07, 6.45) is 4.91. The second-order valence-corrected chi connectivity index (χ2v) is 6.67. The molecule has 2 rings (SSSR count). The molecule has 0 aromatic carbocycles. The van der Waals surface area contributed by atoms with Crippen molar-refractivity contribution >= 4 is 11.8 Å². The Morgan fingerprint density at radius 2 is 2.26 bits per heavy atom. The first-order valence-electron chi connectivity index (χ1n) is 7.40. The summed E-state index contributed by atoms with van der Waals surface area (Å²) >= 11 is 2.05. The van der Waals surface area contributed by atoms with E-state index >= 15 is 0 Å². The van der Waals surface area contributed by atoms with E-state index in [1.165, 1.54) is 25.0 Å². The minimum Gasteiger partial charge on any atom is -0.307 e. The molecule has 1 fully saturated rings. The summed E-state index contributed by atoms with van der Waals surface area (Å²) in [5, 5.41) is 16.6. The van der Waals surface area contributed by atoms with Crippen molar-refractivity contribution in [2.24, 2.45) is 0 Å². The van der Waals surface area contributed by atoms with Crippen LogP contribution in [0.25, 0.3) is 0 Å². The zero-order chi connectivity index (χ0) is 13.7. The molecule has 1 aromatic heterocycles. The maximum atomic E-state index is 4.26. The van der Waals surface area contributed by atoms with Gasteiger partial charge in [0, 0.05) is 5.25 Å². The minimum atomic E-state index is 0.225. The number of hydrogen-bond acceptors (Lipinski definition) is 5. The second kappa shape index (κ2) is 7.24. The molecule has 1 aromatic rings. The van der Waals surface area contributed by atoms with E-state index < -0.39 is 0 Å². The molecule has 19 heavy (non-hydrogen) atoms. The van der Waals surface area contributed by atoms with E-state index in [4.69, 9.17) is 0 Å². The Bertz CT molecular complexity index is 381. The fourth-order valence-corrected chi connectivity index (χ4v) is 4.00. The van der Waals surface area contributed by atoms with Crippen molar-refractivity contribution in [2.75, 3.05) is 12.3 Å². The molecule has 6 heteroatoms. The fraction of sp³-hybridized carbons (Fsp3) is 0.923. The van der Waals surface area contributed by atoms with Crippen LogP contribution in [0.3, 0.4) is 0 Å². The van der Waals surface area contributed by atoms with Gasteiger partial charge in [0.1, 0.15) is 0 Å². The predicted octanol–water partition coefficient (Wildman–Crippen LogP) is 2.58. The number of hydrogen-bond donors (Lipinski definition) is 1. The summed E-state index contributed by atoms with van der Waals surface area (Å²) < 4.78 is 2.08. The van der Waals surface area contributed by atoms with Gasteiger partial charge in [-0.3, -0.25) is 0 Å². The molecule has 5 nitrogen and oxygen atoms in total. The lowest BCUT2D eigenvalue weighted by atomic mass is 10.2. The predicted molar refractivity (Wildman–Crippen MR) is 79.3 cm³/mol. The molecule has 1 heterocycles. The van der Waals surface area contributed by atoms with E-state index in [0.717, 1.165) is 18.8 Å². The van der Waals surface area contributed by atoms with Crippen LogP contribution in [0.4, 0.5) is 0 Å². The Kier molecular flexibility index (Phi) is 5.63. The van der Waals surface area contributed by atoms with Crippen LogP contribution in [-0.4, -0.2) is 37.8 Å². The van der Waals surface area contributed by atoms with Crippen LogP contribution in [0.1, 0.15) is 64.4 Å². The monoisotopic (exact) mass is 283 g/mol. The minimum absolute atomic E-state index is 0.225. The van der Waals surface area contributed by atoms with Crippen LogP contribution in [0.5, 0.6) is 0 Å². The lowest BCUT2D eigenvalue weighted by molar-refractivity contribution is 0.416. The Labute approximate surface area is 119 Å². The van der Waals surface area contributed by atoms with Crippen LogP contribution in [0, 0.1) is 0 Å². The smallest absolute Gasteiger partial charge is 0.168 e. The molecule has 1 N–H and O–H groups in total. The number of nitrogens with zero attached hydrogens (tertiary/aromatic N) is 4. The Morgan fingerprint density at radius 1 is 1.42 bits per heavy atom. The van der Waals surface area contributed by atoms with Crippen molar-refractivity contribution < 1.29 is 0 Å². The van der Waals surface area contributed by atoms with Gasteiger partial charge in [0.05, 0.1) is 12.1 Å². The van der Waals surface area contributed by atoms with Gasteiger partial charge in [-0.05, 0) is 48.9 Å². The summed E-state index contributed by atoms with van der Waals surface area (Å²) in [6, 6.07) is 0.698. The van der Waals surface area contributed by atoms with Gasteiger partial charge in [-0.25, -0.2) is 4.68 Å². The number of thioether (sulfide) groups is 1. The van der Waals surface area contributed by atoms with Crippen molar-refractivity contribution in [2.45, 2.75) is 63.8 Å². The first-order valence-corrected chi connectivity index (χ1v) is 8.45. The van der Waals surface area contributed by atoms with Gasteiger partial charge in [-0.2, -0.15) is 11.8 Å². The van der Waals surface area contributed by atoms with Gasteiger partial charge < -0.3 is 5.32 Å². The van der Waals surface area contributed by atoms with Crippen LogP contribution in [0.2, 0.25) is 0 Å². The zero-order valence-corrected chi connectivity index (χ0v) is 13.0. The quantitative estimate of drug-likeness (QED) is 0.833. The van der Waals surface area contributed by atoms with E-state index in [2.05, 4.69) is 46.3 Å². The maximum absolute atomic E-state index is 4.26. The van der Waals surface area contributed by atoms with Crippen molar-refractivity contribution in [1.29, 1.82) is 0 Å². The van der Waals surface area contributed by atoms with E-state index in [0.29, 0.717) is 11.3 Å². The maximum Gasteiger partial charge on any atom is 0.168 e. The largest absolute Gasteiger partial charge is 0.307 e. The van der Waals surface area contributed by atoms with Crippen molar-refractivity contribution in [3.05, 3.63) is 5.82 Å². The van der Waals surface area contributed by atoms with Gasteiger partial charge in [0.2, 0.25) is 0 Å². The van der Waals surface area contributed by atoms with Gasteiger partial charge in [0.15, 0.2) is 5.82 Å². The average Bonchev–Trinajstić information content (AvgIpc) is 3.04. The molecule has 0 spiro atoms. The molecule has 1 aliphatic carbocycles. The molecule has 0 aliphatic heterocycles. The lowest BCUT2D eigenvalue weighted by Crippen LogP contribution is -2.27. The second-order valence-electron chi connectivity index (χ2n) is 5.15. The van der Waals surface area contributed by atoms with E-state index in [1.807, 2.05) is 11.8 Å². The summed E-state index contributed by atoms with van der Waals surface area (Å²) in [7, 11) is 0. The molecule has 1 aliphatic rings. The normalized spacial score (nSPS) is 24.8. The highest BCUT2D eigenvalue weighted by Gasteiger charge is 2.32. The molecule has 3 unspecified atom stereocenters. The lowest BCUT2D eigenvalue weighted by Gasteiger charge is -2.21. The first-order chi connectivity index (χ1) is 9.27. The molecule has 0 bridgehead atoms. The summed E-state index contributed by atoms with van der Waals surface area (Å²) in [4.78, 5) is 0. The average molecular weight is 283 g/mol. The fourth-order valence-electron chi connectivity index (χ4n) is 2.77. The summed E-state index contributed by atoms with van der Waals surface area (Å²) in [5.74, 6) is 2.16. The Balaban J connectivity index is 2.09. The van der Waals surface area contributed by atoms with E-state index in [-0.39, 0.29) is 6.04 Å². The van der Waals surface area contributed by atoms with Gasteiger partial charge >= 0.3 is 0 Å². The third-order valence-electron chi connectivity index (χ3n) is 3.72. The molecule has 108 valence electrons. The molecule has 0 saturated heterocycles. The third-order valence-corrected chi connectivity index (χ3v) is 5.03. The highest BCUT2D eigenvalue weighted by molar-refractivity contribution is 7.99. The van der Waals surface area contributed by atoms with Gasteiger partial charge in [-0.1, -0.05) is 20.3 Å². The number of tetrazole rings is 1. The number of aromatic nitrogens is 4. The number of rotatable bonds is 7. The SMILES string of the molecule is CCCNC(C)c1nnnn1C1CCCC1SCC. The van der Waals surface area contributed by atoms with Crippen LogP contribution in [0.15, 0.2) is 0 Å². The Morgan fingerprint density at radius 3 is 3.00 bits per heavy atom. The molecule has 0 radical (unpaired) electrons. The highest BCUT2D eigenvalue weighted by Crippen LogP contribution is 2.38. The molecular weight excluding hydrogens is 258 g/mol. The number of nitrogens with one attached hydrogen (secondary N) is 1. The summed E-state index contributed by atoms with van der Waals surface area (Å²) in [6.45, 7) is 7.56. The standard InChI is InChI=1S/C13H25N5S/c1-4-9-14-10(3)13-15-16-17-18(13)11-7-6-8-12(11)19-5-2/h10-12,14H,4-9H2,1-3H3. The van der Waals surface area contributed by atoms with Crippen molar-refractivity contribution in [3.63, 3.8) is 0 Å². The van der Waals surface area contributed by atoms with Gasteiger partial charge in [-0.15, -0.1) is 5.10 Å². The van der Waals surface area contributed by atoms with E-state index in [1.54, 1.807) is 0 Å². The van der Waals surface area contributed by atoms with Crippen LogP contribution in [-0.2, 0) is 0 Å². The van der Waals surface area contributed by atoms with Gasteiger partial charge in [0.25, 0.3) is 0 Å². The van der Waals surface area contributed by atoms with E-state index in [9.17, 15) is 0 Å². The molecular formula is C13H25N5S. The summed E-state index contributed by atoms with van der Waals surface area (Å²) in [5.41, 5.74) is 0. The molecule has 1 saturated carbocycles. The first kappa shape index (κ1) is 14.8. The van der Waals surface area contributed by atoms with Crippen LogP contribution >= 0.6 is 11.8 Å². The van der Waals surface area contributed by atoms with Crippen LogP contribution < -0.4 is 5.32 Å². The molecule has 0 amide bonds. The Hall–Kier alpha value is -0.620. The zero-order valence-electron chi connectivity index (χ0n) is 12.2. The topological polar surface area (TPSA) is 55.6 Å². The highest BCUT2D eigenvalue weighted by atomic mass is 32.2.